The van der Waals surface area contributed by atoms with Crippen LogP contribution in [-0.2, 0) is 18.9 Å². The van der Waals surface area contributed by atoms with Crippen LogP contribution in [0.4, 0.5) is 0 Å². The average molecular weight is 565 g/mol. The van der Waals surface area contributed by atoms with Gasteiger partial charge in [-0.15, -0.1) is 0 Å². The average Bonchev–Trinajstić information content (AvgIpc) is 3.94. The van der Waals surface area contributed by atoms with Gasteiger partial charge in [0.1, 0.15) is 36.9 Å². The molecule has 42 heavy (non-hydrogen) atoms. The predicted octanol–water partition coefficient (Wildman–Crippen LogP) is 5.48. The fraction of sp³-hybridized carbons (Fsp3) is 0.188. The Kier molecular flexibility index (Phi) is 6.82. The highest BCUT2D eigenvalue weighted by Gasteiger charge is 2.25. The summed E-state index contributed by atoms with van der Waals surface area (Å²) in [6.07, 6.45) is 1.59. The van der Waals surface area contributed by atoms with Crippen molar-refractivity contribution in [3.05, 3.63) is 96.2 Å². The monoisotopic (exact) mass is 564 g/mol. The van der Waals surface area contributed by atoms with E-state index in [-0.39, 0.29) is 43.4 Å². The summed E-state index contributed by atoms with van der Waals surface area (Å²) >= 11 is 0. The van der Waals surface area contributed by atoms with Gasteiger partial charge in [-0.3, -0.25) is 0 Å². The van der Waals surface area contributed by atoms with Gasteiger partial charge in [0.05, 0.1) is 24.3 Å². The molecule has 5 aromatic rings. The Morgan fingerprint density at radius 1 is 0.667 bits per heavy atom. The van der Waals surface area contributed by atoms with E-state index in [0.29, 0.717) is 41.7 Å². The van der Waals surface area contributed by atoms with Crippen LogP contribution in [0.25, 0.3) is 21.5 Å². The van der Waals surface area contributed by atoms with E-state index >= 15 is 0 Å². The molecule has 2 atom stereocenters. The van der Waals surface area contributed by atoms with Gasteiger partial charge < -0.3 is 28.4 Å². The number of epoxide rings is 2. The smallest absolute Gasteiger partial charge is 0.338 e. The van der Waals surface area contributed by atoms with Gasteiger partial charge in [0.15, 0.2) is 0 Å². The zero-order chi connectivity index (χ0) is 28.5. The molecule has 2 unspecified atom stereocenters. The summed E-state index contributed by atoms with van der Waals surface area (Å²) in [5.41, 5.74) is 0.950. The summed E-state index contributed by atoms with van der Waals surface area (Å²) in [6, 6.07) is 23.4. The number of carbonyl (C=O) groups excluding carboxylic acids is 2. The van der Waals surface area contributed by atoms with E-state index in [2.05, 4.69) is 9.97 Å². The first-order valence-electron chi connectivity index (χ1n) is 13.4. The van der Waals surface area contributed by atoms with E-state index in [9.17, 15) is 9.59 Å². The third kappa shape index (κ3) is 6.14. The van der Waals surface area contributed by atoms with Crippen molar-refractivity contribution in [1.29, 1.82) is 0 Å². The molecule has 210 valence electrons. The summed E-state index contributed by atoms with van der Waals surface area (Å²) in [7, 11) is 0. The lowest BCUT2D eigenvalue weighted by Gasteiger charge is -2.09. The van der Waals surface area contributed by atoms with Crippen molar-refractivity contribution in [3.63, 3.8) is 0 Å². The molecule has 2 aliphatic heterocycles. The van der Waals surface area contributed by atoms with E-state index in [1.54, 1.807) is 48.7 Å². The van der Waals surface area contributed by atoms with Crippen LogP contribution in [0.5, 0.6) is 23.4 Å². The molecule has 0 aliphatic carbocycles. The van der Waals surface area contributed by atoms with Crippen LogP contribution >= 0.6 is 0 Å². The second-order valence-electron chi connectivity index (χ2n) is 9.94. The normalized spacial score (nSPS) is 17.0. The SMILES string of the molecule is O=C(OCC1CO1)c1ccc2cc(Oc3ccnc(Oc4ccc5cc(C(=O)OCC6CO6)ccc5c4)n3)ccc2c1. The third-order valence-corrected chi connectivity index (χ3v) is 6.74. The van der Waals surface area contributed by atoms with Crippen LogP contribution in [0, 0.1) is 0 Å². The minimum absolute atomic E-state index is 0.0212. The summed E-state index contributed by atoms with van der Waals surface area (Å²) < 4.78 is 32.6. The number of esters is 2. The van der Waals surface area contributed by atoms with E-state index in [4.69, 9.17) is 28.4 Å². The standard InChI is InChI=1S/C32H24N2O8/c35-30(39-17-27-15-37-27)23-3-1-21-13-25(7-5-19(21)11-23)41-29-9-10-33-32(34-29)42-26-8-6-20-12-24(4-2-22(20)14-26)31(36)40-18-28-16-38-28/h1-14,27-28H,15-18H2. The molecule has 1 aromatic heterocycles. The molecule has 0 spiro atoms. The number of hydrogen-bond acceptors (Lipinski definition) is 10. The molecule has 7 rings (SSSR count). The van der Waals surface area contributed by atoms with Crippen LogP contribution in [0.2, 0.25) is 0 Å². The Hall–Kier alpha value is -5.06. The largest absolute Gasteiger partial charge is 0.459 e. The maximum absolute atomic E-state index is 12.3. The van der Waals surface area contributed by atoms with Crippen molar-refractivity contribution in [2.75, 3.05) is 26.4 Å². The number of fused-ring (bicyclic) bond motifs is 2. The molecule has 3 heterocycles. The molecule has 0 N–H and O–H groups in total. The Bertz CT molecular complexity index is 1690. The minimum atomic E-state index is -0.381. The third-order valence-electron chi connectivity index (χ3n) is 6.74. The Morgan fingerprint density at radius 2 is 1.17 bits per heavy atom. The number of ether oxygens (including phenoxy) is 6. The van der Waals surface area contributed by atoms with Gasteiger partial charge in [-0.2, -0.15) is 4.98 Å². The maximum Gasteiger partial charge on any atom is 0.338 e. The Balaban J connectivity index is 1.01. The zero-order valence-corrected chi connectivity index (χ0v) is 22.2. The van der Waals surface area contributed by atoms with Gasteiger partial charge in [-0.05, 0) is 70.1 Å². The van der Waals surface area contributed by atoms with Crippen LogP contribution in [0.1, 0.15) is 20.7 Å². The van der Waals surface area contributed by atoms with Crippen molar-refractivity contribution in [2.24, 2.45) is 0 Å². The molecule has 4 aromatic carbocycles. The lowest BCUT2D eigenvalue weighted by molar-refractivity contribution is 0.0469. The Morgan fingerprint density at radius 3 is 1.71 bits per heavy atom. The summed E-state index contributed by atoms with van der Waals surface area (Å²) in [5.74, 6) is 0.650. The highest BCUT2D eigenvalue weighted by Crippen LogP contribution is 2.29. The highest BCUT2D eigenvalue weighted by molar-refractivity contribution is 5.96. The molecule has 0 radical (unpaired) electrons. The van der Waals surface area contributed by atoms with Crippen LogP contribution in [0.15, 0.2) is 85.1 Å². The van der Waals surface area contributed by atoms with E-state index < -0.39 is 0 Å². The van der Waals surface area contributed by atoms with Gasteiger partial charge in [-0.1, -0.05) is 24.3 Å². The number of nitrogens with zero attached hydrogens (tertiary/aromatic N) is 2. The van der Waals surface area contributed by atoms with Crippen LogP contribution < -0.4 is 9.47 Å². The number of hydrogen-bond donors (Lipinski definition) is 0. The molecular weight excluding hydrogens is 540 g/mol. The molecular formula is C32H24N2O8. The Labute approximate surface area is 239 Å². The first kappa shape index (κ1) is 25.9. The summed E-state index contributed by atoms with van der Waals surface area (Å²) in [6.45, 7) is 1.80. The summed E-state index contributed by atoms with van der Waals surface area (Å²) in [5, 5.41) is 3.51. The minimum Gasteiger partial charge on any atom is -0.459 e. The molecule has 10 heteroatoms. The summed E-state index contributed by atoms with van der Waals surface area (Å²) in [4.78, 5) is 33.2. The van der Waals surface area contributed by atoms with Crippen molar-refractivity contribution in [1.82, 2.24) is 9.97 Å². The quantitative estimate of drug-likeness (QED) is 0.159. The first-order valence-corrected chi connectivity index (χ1v) is 13.4. The van der Waals surface area contributed by atoms with E-state index in [0.717, 1.165) is 21.5 Å². The topological polar surface area (TPSA) is 122 Å². The molecule has 0 saturated carbocycles. The van der Waals surface area contributed by atoms with Crippen molar-refractivity contribution in [2.45, 2.75) is 12.2 Å². The van der Waals surface area contributed by atoms with E-state index in [1.165, 1.54) is 0 Å². The predicted molar refractivity (Wildman–Crippen MR) is 150 cm³/mol. The lowest BCUT2D eigenvalue weighted by atomic mass is 10.1. The second kappa shape index (κ2) is 11.1. The van der Waals surface area contributed by atoms with Gasteiger partial charge in [0.25, 0.3) is 0 Å². The maximum atomic E-state index is 12.3. The number of carbonyl (C=O) groups is 2. The first-order chi connectivity index (χ1) is 20.6. The fourth-order valence-electron chi connectivity index (χ4n) is 4.32. The van der Waals surface area contributed by atoms with Gasteiger partial charge in [0, 0.05) is 12.3 Å². The van der Waals surface area contributed by atoms with Crippen LogP contribution in [0.3, 0.4) is 0 Å². The second-order valence-corrected chi connectivity index (χ2v) is 9.94. The molecule has 2 saturated heterocycles. The fourth-order valence-corrected chi connectivity index (χ4v) is 4.32. The van der Waals surface area contributed by atoms with Crippen LogP contribution in [-0.4, -0.2) is 60.5 Å². The van der Waals surface area contributed by atoms with Gasteiger partial charge >= 0.3 is 17.9 Å². The number of aromatic nitrogens is 2. The lowest BCUT2D eigenvalue weighted by Crippen LogP contribution is -2.09. The molecule has 2 aliphatic rings. The molecule has 10 nitrogen and oxygen atoms in total. The van der Waals surface area contributed by atoms with Gasteiger partial charge in [-0.25, -0.2) is 14.6 Å². The van der Waals surface area contributed by atoms with Crippen molar-refractivity contribution >= 4 is 33.5 Å². The molecule has 0 amide bonds. The van der Waals surface area contributed by atoms with Crippen molar-refractivity contribution in [3.8, 4) is 23.4 Å². The molecule has 2 fully saturated rings. The number of rotatable bonds is 10. The zero-order valence-electron chi connectivity index (χ0n) is 22.2. The highest BCUT2D eigenvalue weighted by atomic mass is 16.6. The van der Waals surface area contributed by atoms with Gasteiger partial charge in [0.2, 0.25) is 5.88 Å². The molecule has 0 bridgehead atoms. The van der Waals surface area contributed by atoms with Crippen molar-refractivity contribution < 1.29 is 38.0 Å². The number of benzene rings is 4. The van der Waals surface area contributed by atoms with E-state index in [1.807, 2.05) is 36.4 Å².